The normalized spacial score (nSPS) is 14.0. The number of hydrogen-bond donors (Lipinski definition) is 1. The number of carbonyl (C=O) groups is 1. The van der Waals surface area contributed by atoms with Crippen molar-refractivity contribution in [2.75, 3.05) is 6.54 Å². The second-order valence-electron chi connectivity index (χ2n) is 6.43. The Balaban J connectivity index is 1.51. The van der Waals surface area contributed by atoms with E-state index in [-0.39, 0.29) is 5.91 Å². The van der Waals surface area contributed by atoms with Gasteiger partial charge in [0.2, 0.25) is 0 Å². The average Bonchev–Trinajstić information content (AvgIpc) is 3.26. The first-order chi connectivity index (χ1) is 11.1. The monoisotopic (exact) mass is 313 g/mol. The Morgan fingerprint density at radius 1 is 1.22 bits per heavy atom. The maximum absolute atomic E-state index is 11.9. The van der Waals surface area contributed by atoms with Gasteiger partial charge in [-0.2, -0.15) is 0 Å². The van der Waals surface area contributed by atoms with Gasteiger partial charge in [-0.1, -0.05) is 26.0 Å². The van der Waals surface area contributed by atoms with Crippen LogP contribution in [-0.4, -0.2) is 12.5 Å². The molecule has 1 aromatic carbocycles. The van der Waals surface area contributed by atoms with E-state index in [1.807, 2.05) is 12.1 Å². The summed E-state index contributed by atoms with van der Waals surface area (Å²) in [7, 11) is 0. The fraction of sp³-hybridized carbons (Fsp3) is 0.421. The highest BCUT2D eigenvalue weighted by Gasteiger charge is 2.22. The molecule has 0 spiro atoms. The smallest absolute Gasteiger partial charge is 0.287 e. The molecular weight excluding hydrogens is 290 g/mol. The van der Waals surface area contributed by atoms with Crippen LogP contribution in [0.3, 0.4) is 0 Å². The standard InChI is InChI=1S/C19H23NO3/c1-13(2)15-5-7-16(8-6-15)22-12-17-9-10-18(23-17)19(21)20-11-14-3-4-14/h5-10,13-14H,3-4,11-12H2,1-2H3,(H,20,21). The summed E-state index contributed by atoms with van der Waals surface area (Å²) in [5.41, 5.74) is 1.28. The van der Waals surface area contributed by atoms with Crippen molar-refractivity contribution in [2.24, 2.45) is 5.92 Å². The molecule has 1 heterocycles. The largest absolute Gasteiger partial charge is 0.486 e. The van der Waals surface area contributed by atoms with E-state index in [9.17, 15) is 4.79 Å². The Kier molecular flexibility index (Phi) is 4.70. The summed E-state index contributed by atoms with van der Waals surface area (Å²) in [5, 5.41) is 2.89. The van der Waals surface area contributed by atoms with Gasteiger partial charge in [-0.15, -0.1) is 0 Å². The lowest BCUT2D eigenvalue weighted by molar-refractivity contribution is 0.0920. The van der Waals surface area contributed by atoms with Gasteiger partial charge in [-0.25, -0.2) is 0 Å². The Labute approximate surface area is 136 Å². The number of rotatable bonds is 7. The van der Waals surface area contributed by atoms with Crippen molar-refractivity contribution in [2.45, 2.75) is 39.2 Å². The molecule has 0 saturated heterocycles. The Bertz CT molecular complexity index is 654. The summed E-state index contributed by atoms with van der Waals surface area (Å²) >= 11 is 0. The van der Waals surface area contributed by atoms with Gasteiger partial charge in [0.05, 0.1) is 0 Å². The SMILES string of the molecule is CC(C)c1ccc(OCc2ccc(C(=O)NCC3CC3)o2)cc1. The summed E-state index contributed by atoms with van der Waals surface area (Å²) in [6, 6.07) is 11.5. The van der Waals surface area contributed by atoms with E-state index in [1.54, 1.807) is 12.1 Å². The number of benzene rings is 1. The van der Waals surface area contributed by atoms with Gasteiger partial charge in [0, 0.05) is 6.54 Å². The third-order valence-electron chi connectivity index (χ3n) is 4.06. The lowest BCUT2D eigenvalue weighted by Crippen LogP contribution is -2.24. The zero-order chi connectivity index (χ0) is 16.2. The van der Waals surface area contributed by atoms with E-state index in [2.05, 4.69) is 31.3 Å². The van der Waals surface area contributed by atoms with Crippen molar-refractivity contribution < 1.29 is 13.9 Å². The Morgan fingerprint density at radius 3 is 2.61 bits per heavy atom. The van der Waals surface area contributed by atoms with E-state index in [0.29, 0.717) is 30.0 Å². The molecule has 23 heavy (non-hydrogen) atoms. The third-order valence-corrected chi connectivity index (χ3v) is 4.06. The minimum atomic E-state index is -0.149. The summed E-state index contributed by atoms with van der Waals surface area (Å²) in [4.78, 5) is 11.9. The average molecular weight is 313 g/mol. The zero-order valence-corrected chi connectivity index (χ0v) is 13.7. The molecule has 0 atom stereocenters. The van der Waals surface area contributed by atoms with Crippen LogP contribution in [0.2, 0.25) is 0 Å². The molecule has 1 aromatic heterocycles. The first-order valence-corrected chi connectivity index (χ1v) is 8.21. The number of hydrogen-bond acceptors (Lipinski definition) is 3. The van der Waals surface area contributed by atoms with E-state index in [4.69, 9.17) is 9.15 Å². The lowest BCUT2D eigenvalue weighted by atomic mass is 10.0. The van der Waals surface area contributed by atoms with Crippen LogP contribution in [0.4, 0.5) is 0 Å². The molecular formula is C19H23NO3. The molecule has 0 aliphatic heterocycles. The summed E-state index contributed by atoms with van der Waals surface area (Å²) < 4.78 is 11.2. The first kappa shape index (κ1) is 15.7. The second kappa shape index (κ2) is 6.90. The molecule has 0 unspecified atom stereocenters. The van der Waals surface area contributed by atoms with E-state index in [0.717, 1.165) is 12.3 Å². The van der Waals surface area contributed by atoms with Crippen LogP contribution in [0.1, 0.15) is 54.5 Å². The van der Waals surface area contributed by atoms with Crippen LogP contribution >= 0.6 is 0 Å². The Morgan fingerprint density at radius 2 is 1.96 bits per heavy atom. The molecule has 1 aliphatic rings. The minimum absolute atomic E-state index is 0.149. The van der Waals surface area contributed by atoms with Crippen LogP contribution in [0.5, 0.6) is 5.75 Å². The summed E-state index contributed by atoms with van der Waals surface area (Å²) in [6.07, 6.45) is 2.43. The molecule has 2 aromatic rings. The van der Waals surface area contributed by atoms with E-state index in [1.165, 1.54) is 18.4 Å². The number of nitrogens with one attached hydrogen (secondary N) is 1. The fourth-order valence-electron chi connectivity index (χ4n) is 2.33. The molecule has 4 heteroatoms. The minimum Gasteiger partial charge on any atom is -0.486 e. The number of ether oxygens (including phenoxy) is 1. The van der Waals surface area contributed by atoms with E-state index >= 15 is 0 Å². The predicted octanol–water partition coefficient (Wildman–Crippen LogP) is 4.12. The highest BCUT2D eigenvalue weighted by atomic mass is 16.5. The van der Waals surface area contributed by atoms with Crippen molar-refractivity contribution in [3.8, 4) is 5.75 Å². The highest BCUT2D eigenvalue weighted by Crippen LogP contribution is 2.27. The molecule has 1 saturated carbocycles. The van der Waals surface area contributed by atoms with Gasteiger partial charge in [0.15, 0.2) is 5.76 Å². The van der Waals surface area contributed by atoms with Crippen LogP contribution in [-0.2, 0) is 6.61 Å². The third kappa shape index (κ3) is 4.38. The molecule has 4 nitrogen and oxygen atoms in total. The zero-order valence-electron chi connectivity index (χ0n) is 13.7. The first-order valence-electron chi connectivity index (χ1n) is 8.21. The van der Waals surface area contributed by atoms with Gasteiger partial charge in [0.1, 0.15) is 18.1 Å². The summed E-state index contributed by atoms with van der Waals surface area (Å²) in [6.45, 7) is 5.38. The predicted molar refractivity (Wildman–Crippen MR) is 88.6 cm³/mol. The molecule has 1 aliphatic carbocycles. The molecule has 1 N–H and O–H groups in total. The lowest BCUT2D eigenvalue weighted by Gasteiger charge is -2.08. The topological polar surface area (TPSA) is 51.5 Å². The van der Waals surface area contributed by atoms with Crippen LogP contribution in [0.15, 0.2) is 40.8 Å². The maximum Gasteiger partial charge on any atom is 0.287 e. The highest BCUT2D eigenvalue weighted by molar-refractivity contribution is 5.91. The van der Waals surface area contributed by atoms with Gasteiger partial charge < -0.3 is 14.5 Å². The van der Waals surface area contributed by atoms with Crippen molar-refractivity contribution in [3.63, 3.8) is 0 Å². The molecule has 122 valence electrons. The second-order valence-corrected chi connectivity index (χ2v) is 6.43. The van der Waals surface area contributed by atoms with Gasteiger partial charge in [-0.3, -0.25) is 4.79 Å². The van der Waals surface area contributed by atoms with Crippen molar-refractivity contribution in [1.82, 2.24) is 5.32 Å². The van der Waals surface area contributed by atoms with Crippen molar-refractivity contribution in [3.05, 3.63) is 53.5 Å². The van der Waals surface area contributed by atoms with Crippen LogP contribution < -0.4 is 10.1 Å². The summed E-state index contributed by atoms with van der Waals surface area (Å²) in [5.74, 6) is 2.81. The molecule has 3 rings (SSSR count). The number of furan rings is 1. The fourth-order valence-corrected chi connectivity index (χ4v) is 2.33. The number of carbonyl (C=O) groups excluding carboxylic acids is 1. The molecule has 1 fully saturated rings. The van der Waals surface area contributed by atoms with Crippen molar-refractivity contribution in [1.29, 1.82) is 0 Å². The van der Waals surface area contributed by atoms with Gasteiger partial charge in [0.25, 0.3) is 5.91 Å². The van der Waals surface area contributed by atoms with Crippen molar-refractivity contribution >= 4 is 5.91 Å². The quantitative estimate of drug-likeness (QED) is 0.836. The number of amides is 1. The molecule has 0 bridgehead atoms. The molecule has 0 radical (unpaired) electrons. The van der Waals surface area contributed by atoms with Gasteiger partial charge in [-0.05, 0) is 54.5 Å². The maximum atomic E-state index is 11.9. The molecule has 1 amide bonds. The van der Waals surface area contributed by atoms with E-state index < -0.39 is 0 Å². The van der Waals surface area contributed by atoms with Gasteiger partial charge >= 0.3 is 0 Å². The Hall–Kier alpha value is -2.23. The van der Waals surface area contributed by atoms with Crippen LogP contribution in [0.25, 0.3) is 0 Å². The van der Waals surface area contributed by atoms with Crippen LogP contribution in [0, 0.1) is 5.92 Å².